The van der Waals surface area contributed by atoms with Gasteiger partial charge in [0.2, 0.25) is 0 Å². The van der Waals surface area contributed by atoms with Gasteiger partial charge in [-0.1, -0.05) is 25.3 Å². The van der Waals surface area contributed by atoms with Crippen LogP contribution >= 0.6 is 22.9 Å². The number of nitrogens with zero attached hydrogens (tertiary/aromatic N) is 4. The van der Waals surface area contributed by atoms with E-state index in [0.29, 0.717) is 6.42 Å². The highest BCUT2D eigenvalue weighted by Gasteiger charge is 2.26. The largest absolute Gasteiger partial charge is 0.387 e. The van der Waals surface area contributed by atoms with Crippen LogP contribution in [0.2, 0.25) is 0 Å². The highest BCUT2D eigenvalue weighted by molar-refractivity contribution is 7.15. The molecule has 106 valence electrons. The minimum atomic E-state index is -0.603. The highest BCUT2D eigenvalue weighted by Crippen LogP contribution is 2.31. The third-order valence-corrected chi connectivity index (χ3v) is 4.67. The Morgan fingerprint density at radius 1 is 1.40 bits per heavy atom. The molecule has 3 aromatic rings. The normalized spacial score (nSPS) is 14.0. The third-order valence-electron chi connectivity index (χ3n) is 3.07. The maximum Gasteiger partial charge on any atom is 0.193 e. The number of fused-ring (bicyclic) bond motifs is 1. The van der Waals surface area contributed by atoms with Crippen LogP contribution in [0.3, 0.4) is 0 Å². The summed E-state index contributed by atoms with van der Waals surface area (Å²) in [6, 6.07) is 0. The molecule has 0 radical (unpaired) electrons. The zero-order valence-electron chi connectivity index (χ0n) is 11.6. The first-order chi connectivity index (χ1) is 9.45. The van der Waals surface area contributed by atoms with Crippen LogP contribution in [0.4, 0.5) is 0 Å². The Morgan fingerprint density at radius 3 is 2.90 bits per heavy atom. The van der Waals surface area contributed by atoms with Gasteiger partial charge in [0.25, 0.3) is 0 Å². The van der Waals surface area contributed by atoms with Crippen molar-refractivity contribution >= 4 is 27.8 Å². The third kappa shape index (κ3) is 2.48. The number of aliphatic hydroxyl groups is 1. The van der Waals surface area contributed by atoms with Gasteiger partial charge in [-0.25, -0.2) is 4.98 Å². The topological polar surface area (TPSA) is 63.3 Å². The molecule has 0 amide bonds. The molecule has 1 N–H and O–H groups in total. The van der Waals surface area contributed by atoms with Crippen molar-refractivity contribution in [2.45, 2.75) is 38.7 Å². The van der Waals surface area contributed by atoms with E-state index < -0.39 is 6.10 Å². The average Bonchev–Trinajstić information content (AvgIpc) is 3.00. The Balaban J connectivity index is 1.84. The molecular weight excluding hydrogens is 292 g/mol. The molecule has 20 heavy (non-hydrogen) atoms. The van der Waals surface area contributed by atoms with Gasteiger partial charge in [-0.05, 0) is 11.5 Å². The second kappa shape index (κ2) is 4.91. The van der Waals surface area contributed by atoms with Crippen LogP contribution < -0.4 is 0 Å². The first kappa shape index (κ1) is 13.7. The smallest absolute Gasteiger partial charge is 0.193 e. The van der Waals surface area contributed by atoms with Gasteiger partial charge in [0.1, 0.15) is 0 Å². The van der Waals surface area contributed by atoms with Gasteiger partial charge in [-0.15, -0.1) is 16.4 Å². The molecule has 3 rings (SSSR count). The minimum absolute atomic E-state index is 0.113. The molecule has 0 aliphatic heterocycles. The molecule has 0 saturated heterocycles. The first-order valence-corrected chi connectivity index (χ1v) is 8.02. The SMILES string of the molecule is CC(C)(C)c1nnsc1C(O)Cc1cn2ccsc2n1. The fraction of sp³-hybridized carbons (Fsp3) is 0.462. The van der Waals surface area contributed by atoms with Gasteiger partial charge in [-0.2, -0.15) is 0 Å². The van der Waals surface area contributed by atoms with Crippen molar-refractivity contribution in [2.75, 3.05) is 0 Å². The number of thiazole rings is 1. The number of hydrogen-bond acceptors (Lipinski definition) is 6. The van der Waals surface area contributed by atoms with E-state index in [1.807, 2.05) is 22.2 Å². The second-order valence-corrected chi connectivity index (χ2v) is 7.44. The van der Waals surface area contributed by atoms with E-state index >= 15 is 0 Å². The molecule has 3 aromatic heterocycles. The first-order valence-electron chi connectivity index (χ1n) is 6.37. The van der Waals surface area contributed by atoms with Crippen molar-refractivity contribution in [2.24, 2.45) is 0 Å². The zero-order valence-corrected chi connectivity index (χ0v) is 13.2. The van der Waals surface area contributed by atoms with Gasteiger partial charge >= 0.3 is 0 Å². The minimum Gasteiger partial charge on any atom is -0.387 e. The van der Waals surface area contributed by atoms with Crippen LogP contribution in [0.25, 0.3) is 4.96 Å². The van der Waals surface area contributed by atoms with E-state index in [4.69, 9.17) is 0 Å². The Hall–Kier alpha value is -1.31. The molecule has 0 bridgehead atoms. The average molecular weight is 308 g/mol. The van der Waals surface area contributed by atoms with E-state index in [0.717, 1.165) is 21.2 Å². The van der Waals surface area contributed by atoms with E-state index in [2.05, 4.69) is 35.3 Å². The van der Waals surface area contributed by atoms with Crippen LogP contribution in [-0.4, -0.2) is 24.1 Å². The van der Waals surface area contributed by atoms with Gasteiger partial charge in [0.15, 0.2) is 4.96 Å². The Kier molecular flexibility index (Phi) is 3.35. The van der Waals surface area contributed by atoms with Crippen LogP contribution in [0.15, 0.2) is 17.8 Å². The molecule has 0 saturated carbocycles. The van der Waals surface area contributed by atoms with Gasteiger partial charge < -0.3 is 5.11 Å². The Labute approximate surface area is 125 Å². The summed E-state index contributed by atoms with van der Waals surface area (Å²) >= 11 is 2.86. The molecule has 5 nitrogen and oxygen atoms in total. The van der Waals surface area contributed by atoms with Crippen molar-refractivity contribution in [1.82, 2.24) is 19.0 Å². The molecule has 0 fully saturated rings. The molecule has 1 unspecified atom stereocenters. The summed E-state index contributed by atoms with van der Waals surface area (Å²) in [5.41, 5.74) is 1.64. The van der Waals surface area contributed by atoms with Gasteiger partial charge in [-0.3, -0.25) is 4.40 Å². The molecule has 0 aliphatic carbocycles. The molecular formula is C13H16N4OS2. The fourth-order valence-corrected chi connectivity index (χ4v) is 3.67. The monoisotopic (exact) mass is 308 g/mol. The molecule has 1 atom stereocenters. The summed E-state index contributed by atoms with van der Waals surface area (Å²) < 4.78 is 5.97. The maximum absolute atomic E-state index is 10.5. The summed E-state index contributed by atoms with van der Waals surface area (Å²) in [5, 5.41) is 16.6. The molecule has 7 heteroatoms. The Bertz CT molecular complexity index is 693. The van der Waals surface area contributed by atoms with Crippen LogP contribution in [0, 0.1) is 0 Å². The van der Waals surface area contributed by atoms with Gasteiger partial charge in [0, 0.05) is 29.6 Å². The summed E-state index contributed by atoms with van der Waals surface area (Å²) in [4.78, 5) is 6.29. The molecule has 3 heterocycles. The summed E-state index contributed by atoms with van der Waals surface area (Å²) in [6.45, 7) is 6.23. The fourth-order valence-electron chi connectivity index (χ4n) is 2.10. The van der Waals surface area contributed by atoms with Crippen molar-refractivity contribution in [3.63, 3.8) is 0 Å². The van der Waals surface area contributed by atoms with Gasteiger partial charge in [0.05, 0.1) is 22.4 Å². The van der Waals surface area contributed by atoms with E-state index in [1.54, 1.807) is 11.3 Å². The number of rotatable bonds is 3. The second-order valence-electron chi connectivity index (χ2n) is 5.78. The quantitative estimate of drug-likeness (QED) is 0.808. The predicted molar refractivity (Wildman–Crippen MR) is 80.3 cm³/mol. The van der Waals surface area contributed by atoms with E-state index in [-0.39, 0.29) is 5.41 Å². The lowest BCUT2D eigenvalue weighted by atomic mass is 9.90. The zero-order chi connectivity index (χ0) is 14.3. The molecule has 0 spiro atoms. The standard InChI is InChI=1S/C13H16N4OS2/c1-13(2,3)11-10(20-16-15-11)9(18)6-8-7-17-4-5-19-12(17)14-8/h4-5,7,9,18H,6H2,1-3H3. The van der Waals surface area contributed by atoms with Crippen LogP contribution in [0.1, 0.15) is 43.1 Å². The predicted octanol–water partition coefficient (Wildman–Crippen LogP) is 2.82. The lowest BCUT2D eigenvalue weighted by Crippen LogP contribution is -2.16. The van der Waals surface area contributed by atoms with Crippen molar-refractivity contribution in [3.05, 3.63) is 34.0 Å². The highest BCUT2D eigenvalue weighted by atomic mass is 32.1. The Morgan fingerprint density at radius 2 is 2.20 bits per heavy atom. The number of aromatic nitrogens is 4. The lowest BCUT2D eigenvalue weighted by molar-refractivity contribution is 0.178. The summed E-state index contributed by atoms with van der Waals surface area (Å²) in [5.74, 6) is 0. The van der Waals surface area contributed by atoms with Crippen molar-refractivity contribution < 1.29 is 5.11 Å². The molecule has 0 aromatic carbocycles. The number of imidazole rings is 1. The summed E-state index contributed by atoms with van der Waals surface area (Å²) in [6.07, 6.45) is 3.81. The number of hydrogen-bond donors (Lipinski definition) is 1. The van der Waals surface area contributed by atoms with E-state index in [1.165, 1.54) is 11.5 Å². The van der Waals surface area contributed by atoms with E-state index in [9.17, 15) is 5.11 Å². The lowest BCUT2D eigenvalue weighted by Gasteiger charge is -2.18. The van der Waals surface area contributed by atoms with Crippen LogP contribution in [-0.2, 0) is 11.8 Å². The maximum atomic E-state index is 10.5. The summed E-state index contributed by atoms with van der Waals surface area (Å²) in [7, 11) is 0. The molecule has 0 aliphatic rings. The van der Waals surface area contributed by atoms with Crippen molar-refractivity contribution in [1.29, 1.82) is 0 Å². The van der Waals surface area contributed by atoms with Crippen molar-refractivity contribution in [3.8, 4) is 0 Å². The van der Waals surface area contributed by atoms with Crippen LogP contribution in [0.5, 0.6) is 0 Å². The number of aliphatic hydroxyl groups excluding tert-OH is 1.